The Morgan fingerprint density at radius 3 is 2.67 bits per heavy atom. The maximum absolute atomic E-state index is 11.1. The van der Waals surface area contributed by atoms with Gasteiger partial charge in [0.25, 0.3) is 5.69 Å². The van der Waals surface area contributed by atoms with E-state index in [1.165, 1.54) is 12.1 Å². The molecule has 0 saturated carbocycles. The van der Waals surface area contributed by atoms with Crippen LogP contribution in [0.5, 0.6) is 0 Å². The van der Waals surface area contributed by atoms with Crippen molar-refractivity contribution in [2.45, 2.75) is 6.54 Å². The van der Waals surface area contributed by atoms with Gasteiger partial charge in [-0.2, -0.15) is 0 Å². The van der Waals surface area contributed by atoms with E-state index < -0.39 is 10.8 Å². The Kier molecular flexibility index (Phi) is 4.39. The summed E-state index contributed by atoms with van der Waals surface area (Å²) in [5, 5.41) is 14.0. The number of nitrogens with zero attached hydrogens (tertiary/aromatic N) is 1. The minimum atomic E-state index is -0.507. The molecule has 1 amide bonds. The van der Waals surface area contributed by atoms with Crippen molar-refractivity contribution in [3.05, 3.63) is 68.7 Å². The number of nitro benzene ring substituents is 1. The summed E-state index contributed by atoms with van der Waals surface area (Å²) in [5.74, 6) is -0.507. The van der Waals surface area contributed by atoms with Crippen molar-refractivity contribution in [2.24, 2.45) is 5.73 Å². The van der Waals surface area contributed by atoms with Gasteiger partial charge in [0.05, 0.1) is 9.95 Å². The smallest absolute Gasteiger partial charge is 0.270 e. The number of nitrogens with one attached hydrogen (secondary N) is 1. The van der Waals surface area contributed by atoms with Gasteiger partial charge in [0, 0.05) is 29.9 Å². The van der Waals surface area contributed by atoms with Crippen molar-refractivity contribution in [2.75, 3.05) is 5.32 Å². The van der Waals surface area contributed by atoms with Crippen LogP contribution in [-0.4, -0.2) is 10.8 Å². The SMILES string of the molecule is NC(=O)c1cccc(NCc2ccc([N+](=O)[O-])cc2Cl)c1. The number of primary amides is 1. The highest BCUT2D eigenvalue weighted by Gasteiger charge is 2.09. The third-order valence-electron chi connectivity index (χ3n) is 2.88. The molecular weight excluding hydrogens is 294 g/mol. The number of nitro groups is 1. The number of non-ortho nitro benzene ring substituents is 1. The maximum Gasteiger partial charge on any atom is 0.270 e. The fourth-order valence-electron chi connectivity index (χ4n) is 1.77. The number of halogens is 1. The first-order valence-electron chi connectivity index (χ1n) is 6.04. The van der Waals surface area contributed by atoms with Crippen LogP contribution in [0.4, 0.5) is 11.4 Å². The van der Waals surface area contributed by atoms with Crippen molar-refractivity contribution < 1.29 is 9.72 Å². The van der Waals surface area contributed by atoms with Gasteiger partial charge in [-0.05, 0) is 29.8 Å². The molecule has 0 fully saturated rings. The lowest BCUT2D eigenvalue weighted by atomic mass is 10.1. The van der Waals surface area contributed by atoms with Gasteiger partial charge < -0.3 is 11.1 Å². The standard InChI is InChI=1S/C14H12ClN3O3/c15-13-7-12(18(20)21)5-4-10(13)8-17-11-3-1-2-9(6-11)14(16)19/h1-7,17H,8H2,(H2,16,19). The van der Waals surface area contributed by atoms with Crippen molar-refractivity contribution in [1.29, 1.82) is 0 Å². The van der Waals surface area contributed by atoms with Gasteiger partial charge in [-0.1, -0.05) is 17.7 Å². The molecule has 0 aliphatic carbocycles. The van der Waals surface area contributed by atoms with Crippen LogP contribution >= 0.6 is 11.6 Å². The van der Waals surface area contributed by atoms with Crippen LogP contribution in [0.25, 0.3) is 0 Å². The van der Waals surface area contributed by atoms with Crippen molar-refractivity contribution in [1.82, 2.24) is 0 Å². The summed E-state index contributed by atoms with van der Waals surface area (Å²) in [5.41, 5.74) is 6.97. The van der Waals surface area contributed by atoms with Gasteiger partial charge in [-0.25, -0.2) is 0 Å². The Hall–Kier alpha value is -2.60. The third-order valence-corrected chi connectivity index (χ3v) is 3.23. The van der Waals surface area contributed by atoms with Gasteiger partial charge in [-0.3, -0.25) is 14.9 Å². The molecule has 108 valence electrons. The number of amides is 1. The molecule has 6 nitrogen and oxygen atoms in total. The molecule has 0 unspecified atom stereocenters. The van der Waals surface area contributed by atoms with Gasteiger partial charge >= 0.3 is 0 Å². The van der Waals surface area contributed by atoms with Gasteiger partial charge in [0.2, 0.25) is 5.91 Å². The molecule has 2 rings (SSSR count). The molecule has 0 aliphatic rings. The van der Waals surface area contributed by atoms with Crippen molar-refractivity contribution in [3.8, 4) is 0 Å². The lowest BCUT2D eigenvalue weighted by molar-refractivity contribution is -0.384. The largest absolute Gasteiger partial charge is 0.381 e. The van der Waals surface area contributed by atoms with Crippen LogP contribution < -0.4 is 11.1 Å². The molecule has 7 heteroatoms. The molecule has 21 heavy (non-hydrogen) atoms. The van der Waals surface area contributed by atoms with E-state index in [9.17, 15) is 14.9 Å². The summed E-state index contributed by atoms with van der Waals surface area (Å²) in [7, 11) is 0. The number of benzene rings is 2. The highest BCUT2D eigenvalue weighted by atomic mass is 35.5. The van der Waals surface area contributed by atoms with Gasteiger partial charge in [0.15, 0.2) is 0 Å². The Bertz CT molecular complexity index is 704. The van der Waals surface area contributed by atoms with Crippen molar-refractivity contribution in [3.63, 3.8) is 0 Å². The average Bonchev–Trinajstić information content (AvgIpc) is 2.46. The molecule has 0 atom stereocenters. The maximum atomic E-state index is 11.1. The van der Waals surface area contributed by atoms with E-state index in [4.69, 9.17) is 17.3 Å². The molecular formula is C14H12ClN3O3. The number of carbonyl (C=O) groups is 1. The Morgan fingerprint density at radius 2 is 2.05 bits per heavy atom. The number of anilines is 1. The monoisotopic (exact) mass is 305 g/mol. The zero-order valence-corrected chi connectivity index (χ0v) is 11.6. The molecule has 0 radical (unpaired) electrons. The van der Waals surface area contributed by atoms with E-state index in [0.29, 0.717) is 28.4 Å². The number of rotatable bonds is 5. The lowest BCUT2D eigenvalue weighted by Gasteiger charge is -2.09. The van der Waals surface area contributed by atoms with E-state index in [-0.39, 0.29) is 5.69 Å². The predicted molar refractivity (Wildman–Crippen MR) is 80.4 cm³/mol. The van der Waals surface area contributed by atoms with E-state index in [2.05, 4.69) is 5.32 Å². The van der Waals surface area contributed by atoms with Crippen LogP contribution in [0.3, 0.4) is 0 Å². The Balaban J connectivity index is 2.11. The zero-order chi connectivity index (χ0) is 15.4. The molecule has 3 N–H and O–H groups in total. The van der Waals surface area contributed by atoms with Gasteiger partial charge in [0.1, 0.15) is 0 Å². The quantitative estimate of drug-likeness (QED) is 0.655. The second-order valence-corrected chi connectivity index (χ2v) is 4.74. The minimum absolute atomic E-state index is 0.0560. The summed E-state index contributed by atoms with van der Waals surface area (Å²) in [6.45, 7) is 0.374. The van der Waals surface area contributed by atoms with E-state index in [1.807, 2.05) is 0 Å². The molecule has 2 aromatic rings. The second kappa shape index (κ2) is 6.23. The Morgan fingerprint density at radius 1 is 1.29 bits per heavy atom. The summed E-state index contributed by atoms with van der Waals surface area (Å²) in [6.07, 6.45) is 0. The van der Waals surface area contributed by atoms with Gasteiger partial charge in [-0.15, -0.1) is 0 Å². The third kappa shape index (κ3) is 3.70. The average molecular weight is 306 g/mol. The van der Waals surface area contributed by atoms with Crippen LogP contribution in [-0.2, 0) is 6.54 Å². The Labute approximate surface area is 125 Å². The lowest BCUT2D eigenvalue weighted by Crippen LogP contribution is -2.11. The summed E-state index contributed by atoms with van der Waals surface area (Å²) >= 11 is 6.00. The topological polar surface area (TPSA) is 98.3 Å². The van der Waals surface area contributed by atoms with Crippen LogP contribution in [0, 0.1) is 10.1 Å². The van der Waals surface area contributed by atoms with Crippen LogP contribution in [0.2, 0.25) is 5.02 Å². The fourth-order valence-corrected chi connectivity index (χ4v) is 2.01. The minimum Gasteiger partial charge on any atom is -0.381 e. The normalized spacial score (nSPS) is 10.1. The van der Waals surface area contributed by atoms with Crippen LogP contribution in [0.1, 0.15) is 15.9 Å². The second-order valence-electron chi connectivity index (χ2n) is 4.33. The summed E-state index contributed by atoms with van der Waals surface area (Å²) < 4.78 is 0. The molecule has 0 aliphatic heterocycles. The number of nitrogens with two attached hydrogens (primary N) is 1. The molecule has 2 aromatic carbocycles. The van der Waals surface area contributed by atoms with Crippen molar-refractivity contribution >= 4 is 28.9 Å². The number of hydrogen-bond acceptors (Lipinski definition) is 4. The first-order chi connectivity index (χ1) is 9.97. The predicted octanol–water partition coefficient (Wildman–Crippen LogP) is 2.96. The first kappa shape index (κ1) is 14.8. The molecule has 0 spiro atoms. The molecule has 0 saturated heterocycles. The molecule has 0 heterocycles. The van der Waals surface area contributed by atoms with E-state index in [0.717, 1.165) is 0 Å². The highest BCUT2D eigenvalue weighted by Crippen LogP contribution is 2.23. The van der Waals surface area contributed by atoms with E-state index >= 15 is 0 Å². The van der Waals surface area contributed by atoms with E-state index in [1.54, 1.807) is 30.3 Å². The highest BCUT2D eigenvalue weighted by molar-refractivity contribution is 6.31. The fraction of sp³-hybridized carbons (Fsp3) is 0.0714. The summed E-state index contributed by atoms with van der Waals surface area (Å²) in [4.78, 5) is 21.2. The zero-order valence-electron chi connectivity index (χ0n) is 10.9. The van der Waals surface area contributed by atoms with Crippen LogP contribution in [0.15, 0.2) is 42.5 Å². The summed E-state index contributed by atoms with van der Waals surface area (Å²) in [6, 6.07) is 11.0. The first-order valence-corrected chi connectivity index (χ1v) is 6.42. The molecule has 0 bridgehead atoms. The molecule has 0 aromatic heterocycles. The number of carbonyl (C=O) groups excluding carboxylic acids is 1. The number of hydrogen-bond donors (Lipinski definition) is 2.